The molecule has 2 amide bonds. The van der Waals surface area contributed by atoms with Crippen LogP contribution in [0, 0.1) is 17.6 Å². The van der Waals surface area contributed by atoms with Gasteiger partial charge in [0.25, 0.3) is 5.91 Å². The number of nitrogens with zero attached hydrogens (tertiary/aromatic N) is 1. The van der Waals surface area contributed by atoms with Crippen LogP contribution >= 0.6 is 0 Å². The highest BCUT2D eigenvalue weighted by Crippen LogP contribution is 2.27. The third-order valence-electron chi connectivity index (χ3n) is 5.81. The van der Waals surface area contributed by atoms with Crippen molar-refractivity contribution in [2.45, 2.75) is 63.8 Å². The van der Waals surface area contributed by atoms with Crippen molar-refractivity contribution >= 4 is 11.8 Å². The molecule has 0 unspecified atom stereocenters. The predicted octanol–water partition coefficient (Wildman–Crippen LogP) is 4.05. The average Bonchev–Trinajstić information content (AvgIpc) is 2.67. The van der Waals surface area contributed by atoms with E-state index >= 15 is 0 Å². The molecule has 27 heavy (non-hydrogen) atoms. The number of carbonyl (C=O) groups excluding carboxylic acids is 2. The maximum absolute atomic E-state index is 13.8. The zero-order valence-corrected chi connectivity index (χ0v) is 15.7. The van der Waals surface area contributed by atoms with Gasteiger partial charge in [0.2, 0.25) is 5.91 Å². The molecule has 4 nitrogen and oxygen atoms in total. The number of hydrogen-bond donors (Lipinski definition) is 1. The molecule has 1 saturated heterocycles. The minimum Gasteiger partial charge on any atom is -0.353 e. The van der Waals surface area contributed by atoms with Crippen LogP contribution in [-0.4, -0.2) is 35.8 Å². The van der Waals surface area contributed by atoms with Gasteiger partial charge in [-0.05, 0) is 37.3 Å². The van der Waals surface area contributed by atoms with E-state index in [4.69, 9.17) is 0 Å². The highest BCUT2D eigenvalue weighted by Gasteiger charge is 2.26. The van der Waals surface area contributed by atoms with Crippen LogP contribution in [0.25, 0.3) is 0 Å². The number of hydrogen-bond acceptors (Lipinski definition) is 2. The summed E-state index contributed by atoms with van der Waals surface area (Å²) in [5.41, 5.74) is -0.105. The minimum absolute atomic E-state index is 0.0611. The fraction of sp³-hybridized carbons (Fsp3) is 0.619. The van der Waals surface area contributed by atoms with Crippen LogP contribution in [0.2, 0.25) is 0 Å². The molecule has 0 bridgehead atoms. The highest BCUT2D eigenvalue weighted by atomic mass is 19.1. The maximum atomic E-state index is 13.8. The second-order valence-corrected chi connectivity index (χ2v) is 7.80. The number of halogens is 2. The highest BCUT2D eigenvalue weighted by molar-refractivity contribution is 5.94. The molecule has 0 radical (unpaired) electrons. The van der Waals surface area contributed by atoms with Crippen molar-refractivity contribution in [2.75, 3.05) is 13.1 Å². The van der Waals surface area contributed by atoms with Crippen LogP contribution < -0.4 is 5.32 Å². The van der Waals surface area contributed by atoms with E-state index in [9.17, 15) is 18.4 Å². The Hall–Kier alpha value is -1.98. The van der Waals surface area contributed by atoms with Crippen molar-refractivity contribution in [3.8, 4) is 0 Å². The monoisotopic (exact) mass is 378 g/mol. The zero-order chi connectivity index (χ0) is 19.2. The van der Waals surface area contributed by atoms with Crippen LogP contribution in [0.5, 0.6) is 0 Å². The SMILES string of the molecule is O=C(CCC1CCCCC1)NC1CCN(C(=O)c2ccc(F)cc2F)CC1. The standard InChI is InChI=1S/C21H28F2N2O2/c22-16-7-8-18(19(23)14-16)21(27)25-12-10-17(11-13-25)24-20(26)9-6-15-4-2-1-3-5-15/h7-8,14-15,17H,1-6,9-13H2,(H,24,26). The molecular weight excluding hydrogens is 350 g/mol. The summed E-state index contributed by atoms with van der Waals surface area (Å²) in [6.45, 7) is 0.923. The Morgan fingerprint density at radius 1 is 1.04 bits per heavy atom. The number of rotatable bonds is 5. The van der Waals surface area contributed by atoms with E-state index in [1.54, 1.807) is 4.90 Å². The molecule has 0 spiro atoms. The summed E-state index contributed by atoms with van der Waals surface area (Å²) in [4.78, 5) is 26.2. The molecule has 148 valence electrons. The molecule has 6 heteroatoms. The quantitative estimate of drug-likeness (QED) is 0.840. The van der Waals surface area contributed by atoms with Gasteiger partial charge in [0.15, 0.2) is 0 Å². The first-order chi connectivity index (χ1) is 13.0. The van der Waals surface area contributed by atoms with Gasteiger partial charge in [-0.15, -0.1) is 0 Å². The molecule has 1 aliphatic heterocycles. The molecule has 2 fully saturated rings. The molecule has 0 atom stereocenters. The summed E-state index contributed by atoms with van der Waals surface area (Å²) in [7, 11) is 0. The number of benzene rings is 1. The Bertz CT molecular complexity index is 666. The Morgan fingerprint density at radius 3 is 2.41 bits per heavy atom. The molecule has 3 rings (SSSR count). The third kappa shape index (κ3) is 5.50. The van der Waals surface area contributed by atoms with E-state index in [1.807, 2.05) is 0 Å². The van der Waals surface area contributed by atoms with Gasteiger partial charge in [-0.3, -0.25) is 9.59 Å². The lowest BCUT2D eigenvalue weighted by Gasteiger charge is -2.32. The first kappa shape index (κ1) is 19.8. The fourth-order valence-electron chi connectivity index (χ4n) is 4.17. The van der Waals surface area contributed by atoms with Crippen molar-refractivity contribution in [3.63, 3.8) is 0 Å². The van der Waals surface area contributed by atoms with Crippen LogP contribution in [0.4, 0.5) is 8.78 Å². The van der Waals surface area contributed by atoms with Crippen molar-refractivity contribution in [1.29, 1.82) is 0 Å². The minimum atomic E-state index is -0.835. The zero-order valence-electron chi connectivity index (χ0n) is 15.7. The van der Waals surface area contributed by atoms with Gasteiger partial charge in [-0.1, -0.05) is 32.1 Å². The van der Waals surface area contributed by atoms with E-state index < -0.39 is 17.5 Å². The fourth-order valence-corrected chi connectivity index (χ4v) is 4.17. The molecule has 1 heterocycles. The summed E-state index contributed by atoms with van der Waals surface area (Å²) in [6.07, 6.45) is 9.23. The molecule has 1 aromatic carbocycles. The molecule has 1 saturated carbocycles. The summed E-state index contributed by atoms with van der Waals surface area (Å²) < 4.78 is 26.8. The summed E-state index contributed by atoms with van der Waals surface area (Å²) in [5.74, 6) is -1.17. The van der Waals surface area contributed by atoms with Crippen LogP contribution in [0.3, 0.4) is 0 Å². The topological polar surface area (TPSA) is 49.4 Å². The molecule has 1 aliphatic carbocycles. The second kappa shape index (κ2) is 9.29. The molecular formula is C21H28F2N2O2. The maximum Gasteiger partial charge on any atom is 0.256 e. The van der Waals surface area contributed by atoms with Gasteiger partial charge in [0.1, 0.15) is 11.6 Å². The van der Waals surface area contributed by atoms with E-state index in [0.717, 1.165) is 18.6 Å². The Balaban J connectivity index is 1.41. The van der Waals surface area contributed by atoms with E-state index in [0.29, 0.717) is 38.3 Å². The number of piperidine rings is 1. The third-order valence-corrected chi connectivity index (χ3v) is 5.81. The van der Waals surface area contributed by atoms with Gasteiger partial charge in [0.05, 0.1) is 5.56 Å². The van der Waals surface area contributed by atoms with Gasteiger partial charge in [-0.25, -0.2) is 8.78 Å². The predicted molar refractivity (Wildman–Crippen MR) is 99.2 cm³/mol. The van der Waals surface area contributed by atoms with Crippen LogP contribution in [0.1, 0.15) is 68.1 Å². The lowest BCUT2D eigenvalue weighted by Crippen LogP contribution is -2.46. The van der Waals surface area contributed by atoms with Crippen molar-refractivity contribution in [2.24, 2.45) is 5.92 Å². The van der Waals surface area contributed by atoms with Crippen molar-refractivity contribution in [3.05, 3.63) is 35.4 Å². The van der Waals surface area contributed by atoms with Crippen LogP contribution in [0.15, 0.2) is 18.2 Å². The summed E-state index contributed by atoms with van der Waals surface area (Å²) in [6, 6.07) is 3.07. The second-order valence-electron chi connectivity index (χ2n) is 7.80. The van der Waals surface area contributed by atoms with E-state index in [2.05, 4.69) is 5.32 Å². The Kier molecular flexibility index (Phi) is 6.80. The van der Waals surface area contributed by atoms with E-state index in [-0.39, 0.29) is 17.5 Å². The van der Waals surface area contributed by atoms with Gasteiger partial charge < -0.3 is 10.2 Å². The number of amides is 2. The van der Waals surface area contributed by atoms with Crippen molar-refractivity contribution < 1.29 is 18.4 Å². The lowest BCUT2D eigenvalue weighted by molar-refractivity contribution is -0.122. The molecule has 1 N–H and O–H groups in total. The number of carbonyl (C=O) groups is 2. The summed E-state index contributed by atoms with van der Waals surface area (Å²) >= 11 is 0. The van der Waals surface area contributed by atoms with Gasteiger partial charge in [-0.2, -0.15) is 0 Å². The average molecular weight is 378 g/mol. The molecule has 0 aromatic heterocycles. The first-order valence-electron chi connectivity index (χ1n) is 10.1. The Labute approximate surface area is 159 Å². The van der Waals surface area contributed by atoms with Crippen molar-refractivity contribution in [1.82, 2.24) is 10.2 Å². The largest absolute Gasteiger partial charge is 0.353 e. The summed E-state index contributed by atoms with van der Waals surface area (Å²) in [5, 5.41) is 3.08. The first-order valence-corrected chi connectivity index (χ1v) is 10.1. The smallest absolute Gasteiger partial charge is 0.256 e. The van der Waals surface area contributed by atoms with E-state index in [1.165, 1.54) is 38.2 Å². The van der Waals surface area contributed by atoms with Gasteiger partial charge in [0, 0.05) is 31.6 Å². The number of likely N-dealkylation sites (tertiary alicyclic amines) is 1. The Morgan fingerprint density at radius 2 is 1.74 bits per heavy atom. The number of nitrogens with one attached hydrogen (secondary N) is 1. The normalized spacial score (nSPS) is 19.1. The molecule has 1 aromatic rings. The van der Waals surface area contributed by atoms with Crippen LogP contribution in [-0.2, 0) is 4.79 Å². The lowest BCUT2D eigenvalue weighted by atomic mass is 9.86. The molecule has 2 aliphatic rings. The van der Waals surface area contributed by atoms with Gasteiger partial charge >= 0.3 is 0 Å².